The molecular weight excluding hydrogens is 264 g/mol. The quantitative estimate of drug-likeness (QED) is 0.621. The van der Waals surface area contributed by atoms with E-state index in [0.717, 1.165) is 37.2 Å². The molecule has 5 heteroatoms. The lowest BCUT2D eigenvalue weighted by Gasteiger charge is -2.34. The minimum absolute atomic E-state index is 0.0793. The molecule has 0 bridgehead atoms. The van der Waals surface area contributed by atoms with Crippen LogP contribution in [0.2, 0.25) is 5.02 Å². The zero-order valence-electron chi connectivity index (χ0n) is 11.4. The Labute approximate surface area is 118 Å². The zero-order chi connectivity index (χ0) is 14.0. The number of nitro benzene ring substituents is 1. The molecule has 1 aromatic carbocycles. The van der Waals surface area contributed by atoms with Crippen molar-refractivity contribution in [3.05, 3.63) is 32.8 Å². The Bertz CT molecular complexity index is 491. The van der Waals surface area contributed by atoms with Crippen molar-refractivity contribution in [3.8, 4) is 0 Å². The number of halogens is 1. The molecule has 104 valence electrons. The summed E-state index contributed by atoms with van der Waals surface area (Å²) in [6, 6.07) is 3.12. The third kappa shape index (κ3) is 3.00. The van der Waals surface area contributed by atoms with Gasteiger partial charge in [-0.15, -0.1) is 0 Å². The van der Waals surface area contributed by atoms with E-state index in [9.17, 15) is 10.1 Å². The van der Waals surface area contributed by atoms with Crippen LogP contribution in [0.4, 0.5) is 11.4 Å². The fourth-order valence-electron chi connectivity index (χ4n) is 2.76. The van der Waals surface area contributed by atoms with E-state index in [4.69, 9.17) is 11.6 Å². The van der Waals surface area contributed by atoms with E-state index in [-0.39, 0.29) is 10.6 Å². The number of piperidine rings is 1. The molecule has 1 heterocycles. The van der Waals surface area contributed by atoms with Crippen LogP contribution in [0.1, 0.15) is 32.3 Å². The molecule has 0 N–H and O–H groups in total. The van der Waals surface area contributed by atoms with Crippen molar-refractivity contribution in [2.45, 2.75) is 33.1 Å². The topological polar surface area (TPSA) is 46.4 Å². The number of rotatable bonds is 3. The Balaban J connectivity index is 2.41. The molecule has 1 fully saturated rings. The third-order valence-electron chi connectivity index (χ3n) is 3.69. The van der Waals surface area contributed by atoms with Crippen LogP contribution in [0.5, 0.6) is 0 Å². The van der Waals surface area contributed by atoms with Gasteiger partial charge in [-0.05, 0) is 30.7 Å². The molecular formula is C14H19ClN2O2. The molecule has 1 saturated heterocycles. The highest BCUT2D eigenvalue weighted by Gasteiger charge is 2.23. The average Bonchev–Trinajstić information content (AvgIpc) is 2.37. The van der Waals surface area contributed by atoms with Crippen molar-refractivity contribution in [2.75, 3.05) is 18.0 Å². The number of anilines is 1. The van der Waals surface area contributed by atoms with Crippen molar-refractivity contribution >= 4 is 23.0 Å². The molecule has 0 saturated carbocycles. The van der Waals surface area contributed by atoms with Gasteiger partial charge in [-0.2, -0.15) is 0 Å². The molecule has 1 aliphatic rings. The van der Waals surface area contributed by atoms with Gasteiger partial charge in [-0.25, -0.2) is 0 Å². The molecule has 4 nitrogen and oxygen atoms in total. The van der Waals surface area contributed by atoms with Crippen LogP contribution in [0.25, 0.3) is 0 Å². The number of hydrogen-bond donors (Lipinski definition) is 0. The summed E-state index contributed by atoms with van der Waals surface area (Å²) in [6.45, 7) is 6.20. The second-order valence-electron chi connectivity index (χ2n) is 5.24. The minimum Gasteiger partial charge on any atom is -0.370 e. The summed E-state index contributed by atoms with van der Waals surface area (Å²) in [7, 11) is 0. The van der Waals surface area contributed by atoms with E-state index in [1.54, 1.807) is 6.07 Å². The fourth-order valence-corrected chi connectivity index (χ4v) is 3.11. The van der Waals surface area contributed by atoms with Crippen LogP contribution in [0.3, 0.4) is 0 Å². The lowest BCUT2D eigenvalue weighted by Crippen LogP contribution is -2.35. The Kier molecular flexibility index (Phi) is 4.30. The maximum absolute atomic E-state index is 10.9. The molecule has 1 atom stereocenters. The Hall–Kier alpha value is -1.29. The highest BCUT2D eigenvalue weighted by molar-refractivity contribution is 6.33. The molecule has 0 aromatic heterocycles. The number of nitro groups is 1. The first kappa shape index (κ1) is 14.1. The molecule has 0 aliphatic carbocycles. The second-order valence-corrected chi connectivity index (χ2v) is 5.65. The largest absolute Gasteiger partial charge is 0.370 e. The summed E-state index contributed by atoms with van der Waals surface area (Å²) < 4.78 is 0. The molecule has 1 aromatic rings. The lowest BCUT2D eigenvalue weighted by molar-refractivity contribution is -0.384. The summed E-state index contributed by atoms with van der Waals surface area (Å²) in [6.07, 6.45) is 3.14. The Morgan fingerprint density at radius 1 is 1.53 bits per heavy atom. The van der Waals surface area contributed by atoms with Crippen LogP contribution in [-0.4, -0.2) is 18.0 Å². The number of aryl methyl sites for hydroxylation is 1. The first-order chi connectivity index (χ1) is 9.02. The van der Waals surface area contributed by atoms with Crippen LogP contribution in [0.15, 0.2) is 12.1 Å². The number of non-ortho nitro benzene ring substituents is 1. The highest BCUT2D eigenvalue weighted by atomic mass is 35.5. The average molecular weight is 283 g/mol. The highest BCUT2D eigenvalue weighted by Crippen LogP contribution is 2.36. The van der Waals surface area contributed by atoms with E-state index in [2.05, 4.69) is 11.8 Å². The summed E-state index contributed by atoms with van der Waals surface area (Å²) in [5.74, 6) is 0.643. The van der Waals surface area contributed by atoms with E-state index >= 15 is 0 Å². The molecule has 0 radical (unpaired) electrons. The van der Waals surface area contributed by atoms with Crippen LogP contribution in [0, 0.1) is 16.0 Å². The molecule has 2 rings (SSSR count). The van der Waals surface area contributed by atoms with Gasteiger partial charge in [-0.1, -0.05) is 25.4 Å². The maximum Gasteiger partial charge on any atom is 0.271 e. The number of hydrogen-bond acceptors (Lipinski definition) is 3. The first-order valence-corrected chi connectivity index (χ1v) is 7.12. The zero-order valence-corrected chi connectivity index (χ0v) is 12.1. The van der Waals surface area contributed by atoms with Gasteiger partial charge in [0.2, 0.25) is 0 Å². The van der Waals surface area contributed by atoms with E-state index in [0.29, 0.717) is 10.9 Å². The minimum atomic E-state index is -0.381. The Morgan fingerprint density at radius 3 is 2.84 bits per heavy atom. The van der Waals surface area contributed by atoms with E-state index in [1.807, 2.05) is 6.92 Å². The fraction of sp³-hybridized carbons (Fsp3) is 0.571. The Morgan fingerprint density at radius 2 is 2.26 bits per heavy atom. The van der Waals surface area contributed by atoms with Crippen molar-refractivity contribution < 1.29 is 4.92 Å². The van der Waals surface area contributed by atoms with Gasteiger partial charge in [0.1, 0.15) is 0 Å². The van der Waals surface area contributed by atoms with Crippen molar-refractivity contribution in [2.24, 2.45) is 5.92 Å². The smallest absolute Gasteiger partial charge is 0.271 e. The van der Waals surface area contributed by atoms with Gasteiger partial charge >= 0.3 is 0 Å². The second kappa shape index (κ2) is 5.78. The van der Waals surface area contributed by atoms with Crippen molar-refractivity contribution in [3.63, 3.8) is 0 Å². The molecule has 19 heavy (non-hydrogen) atoms. The van der Waals surface area contributed by atoms with Gasteiger partial charge in [0.15, 0.2) is 0 Å². The summed E-state index contributed by atoms with van der Waals surface area (Å²) in [4.78, 5) is 12.8. The first-order valence-electron chi connectivity index (χ1n) is 6.74. The summed E-state index contributed by atoms with van der Waals surface area (Å²) in [5.41, 5.74) is 2.03. The molecule has 0 spiro atoms. The van der Waals surface area contributed by atoms with Crippen molar-refractivity contribution in [1.82, 2.24) is 0 Å². The van der Waals surface area contributed by atoms with Crippen LogP contribution in [-0.2, 0) is 6.42 Å². The third-order valence-corrected chi connectivity index (χ3v) is 3.98. The normalized spacial score (nSPS) is 19.5. The van der Waals surface area contributed by atoms with Gasteiger partial charge in [0, 0.05) is 25.2 Å². The van der Waals surface area contributed by atoms with Gasteiger partial charge in [0.25, 0.3) is 5.69 Å². The summed E-state index contributed by atoms with van der Waals surface area (Å²) in [5, 5.41) is 11.4. The van der Waals surface area contributed by atoms with E-state index in [1.165, 1.54) is 12.5 Å². The van der Waals surface area contributed by atoms with Gasteiger partial charge in [0.05, 0.1) is 15.6 Å². The van der Waals surface area contributed by atoms with Crippen molar-refractivity contribution in [1.29, 1.82) is 0 Å². The lowest BCUT2D eigenvalue weighted by atomic mass is 9.98. The summed E-state index contributed by atoms with van der Waals surface area (Å²) >= 11 is 6.29. The van der Waals surface area contributed by atoms with E-state index < -0.39 is 0 Å². The predicted molar refractivity (Wildman–Crippen MR) is 78.1 cm³/mol. The van der Waals surface area contributed by atoms with Crippen LogP contribution >= 0.6 is 11.6 Å². The predicted octanol–water partition coefficient (Wildman–Crippen LogP) is 4.05. The number of benzene rings is 1. The molecule has 1 aliphatic heterocycles. The SMILES string of the molecule is CCc1cc([N+](=O)[O-])cc(Cl)c1N1CCCC(C)C1. The standard InChI is InChI=1S/C14H19ClN2O2/c1-3-11-7-12(17(18)19)8-13(15)14(11)16-6-4-5-10(2)9-16/h7-8,10H,3-6,9H2,1-2H3. The number of nitrogens with zero attached hydrogens (tertiary/aromatic N) is 2. The van der Waals surface area contributed by atoms with Gasteiger partial charge < -0.3 is 4.90 Å². The van der Waals surface area contributed by atoms with Gasteiger partial charge in [-0.3, -0.25) is 10.1 Å². The van der Waals surface area contributed by atoms with Crippen LogP contribution < -0.4 is 4.90 Å². The maximum atomic E-state index is 10.9. The molecule has 1 unspecified atom stereocenters. The monoisotopic (exact) mass is 282 g/mol. The molecule has 0 amide bonds.